The third-order valence-corrected chi connectivity index (χ3v) is 4.32. The zero-order valence-corrected chi connectivity index (χ0v) is 16.5. The highest BCUT2D eigenvalue weighted by Crippen LogP contribution is 2.26. The van der Waals surface area contributed by atoms with E-state index in [0.717, 1.165) is 24.4 Å². The topological polar surface area (TPSA) is 21.3 Å². The fraction of sp³-hybridized carbons (Fsp3) is 0.429. The summed E-state index contributed by atoms with van der Waals surface area (Å²) in [6.07, 6.45) is 6.54. The molecule has 0 bridgehead atoms. The first-order chi connectivity index (χ1) is 11.8. The Morgan fingerprint density at radius 1 is 0.920 bits per heavy atom. The summed E-state index contributed by atoms with van der Waals surface area (Å²) in [7, 11) is 0. The zero-order valence-electron chi connectivity index (χ0n) is 15.0. The lowest BCUT2D eigenvalue weighted by atomic mass is 10.1. The van der Waals surface area contributed by atoms with Crippen molar-refractivity contribution in [3.05, 3.63) is 64.7 Å². The van der Waals surface area contributed by atoms with Gasteiger partial charge in [0.2, 0.25) is 0 Å². The van der Waals surface area contributed by atoms with E-state index >= 15 is 0 Å². The van der Waals surface area contributed by atoms with E-state index in [1.165, 1.54) is 37.7 Å². The van der Waals surface area contributed by atoms with E-state index in [0.29, 0.717) is 11.6 Å². The molecule has 0 saturated heterocycles. The van der Waals surface area contributed by atoms with Gasteiger partial charge >= 0.3 is 0 Å². The summed E-state index contributed by atoms with van der Waals surface area (Å²) in [6.45, 7) is 4.70. The van der Waals surface area contributed by atoms with Crippen LogP contribution in [-0.4, -0.2) is 6.54 Å². The average Bonchev–Trinajstić information content (AvgIpc) is 2.61. The zero-order chi connectivity index (χ0) is 17.0. The smallest absolute Gasteiger partial charge is 0.138 e. The maximum absolute atomic E-state index is 6.34. The minimum absolute atomic E-state index is 0. The highest BCUT2D eigenvalue weighted by molar-refractivity contribution is 6.32. The molecule has 25 heavy (non-hydrogen) atoms. The molecule has 2 aromatic carbocycles. The van der Waals surface area contributed by atoms with Crippen LogP contribution in [0.15, 0.2) is 48.5 Å². The van der Waals surface area contributed by atoms with Crippen LogP contribution in [0.1, 0.15) is 50.2 Å². The van der Waals surface area contributed by atoms with Gasteiger partial charge in [-0.15, -0.1) is 12.4 Å². The van der Waals surface area contributed by atoms with Gasteiger partial charge in [0.25, 0.3) is 0 Å². The van der Waals surface area contributed by atoms with Crippen molar-refractivity contribution in [2.45, 2.75) is 52.2 Å². The highest BCUT2D eigenvalue weighted by Gasteiger charge is 2.04. The van der Waals surface area contributed by atoms with E-state index in [-0.39, 0.29) is 12.4 Å². The molecular weight excluding hydrogens is 353 g/mol. The van der Waals surface area contributed by atoms with E-state index in [4.69, 9.17) is 16.3 Å². The highest BCUT2D eigenvalue weighted by atomic mass is 35.5. The molecule has 0 aliphatic rings. The SMILES string of the molecule is CCCCCCCNCc1ccc(OCc2ccccc2)c(Cl)c1.Cl. The van der Waals surface area contributed by atoms with Gasteiger partial charge < -0.3 is 10.1 Å². The molecule has 0 saturated carbocycles. The molecule has 2 rings (SSSR count). The van der Waals surface area contributed by atoms with Crippen LogP contribution in [0.2, 0.25) is 5.02 Å². The van der Waals surface area contributed by atoms with Gasteiger partial charge in [0.05, 0.1) is 5.02 Å². The standard InChI is InChI=1S/C21H28ClNO.ClH/c1-2-3-4-5-9-14-23-16-19-12-13-21(20(22)15-19)24-17-18-10-7-6-8-11-18;/h6-8,10-13,15,23H,2-5,9,14,16-17H2,1H3;1H. The van der Waals surface area contributed by atoms with Gasteiger partial charge in [-0.3, -0.25) is 0 Å². The Labute approximate surface area is 163 Å². The molecule has 0 aliphatic heterocycles. The van der Waals surface area contributed by atoms with Crippen LogP contribution in [0.3, 0.4) is 0 Å². The lowest BCUT2D eigenvalue weighted by Gasteiger charge is -2.10. The number of ether oxygens (including phenoxy) is 1. The van der Waals surface area contributed by atoms with Gasteiger partial charge in [-0.05, 0) is 36.2 Å². The Bertz CT molecular complexity index is 590. The minimum atomic E-state index is 0. The predicted molar refractivity (Wildman–Crippen MR) is 110 cm³/mol. The van der Waals surface area contributed by atoms with Crippen LogP contribution >= 0.6 is 24.0 Å². The summed E-state index contributed by atoms with van der Waals surface area (Å²) in [5, 5.41) is 4.16. The van der Waals surface area contributed by atoms with E-state index < -0.39 is 0 Å². The third kappa shape index (κ3) is 8.62. The first-order valence-corrected chi connectivity index (χ1v) is 9.33. The molecule has 0 unspecified atom stereocenters. The quantitative estimate of drug-likeness (QED) is 0.454. The molecule has 2 aromatic rings. The number of unbranched alkanes of at least 4 members (excludes halogenated alkanes) is 4. The maximum atomic E-state index is 6.34. The summed E-state index contributed by atoms with van der Waals surface area (Å²) in [5.74, 6) is 0.740. The summed E-state index contributed by atoms with van der Waals surface area (Å²) >= 11 is 6.34. The van der Waals surface area contributed by atoms with Gasteiger partial charge in [-0.2, -0.15) is 0 Å². The normalized spacial score (nSPS) is 10.3. The minimum Gasteiger partial charge on any atom is -0.487 e. The predicted octanol–water partition coefficient (Wildman–Crippen LogP) is 6.40. The van der Waals surface area contributed by atoms with Gasteiger partial charge in [-0.25, -0.2) is 0 Å². The molecule has 0 fully saturated rings. The second kappa shape index (κ2) is 13.0. The Balaban J connectivity index is 0.00000312. The molecular formula is C21H29Cl2NO. The van der Waals surface area contributed by atoms with Gasteiger partial charge in [0.15, 0.2) is 0 Å². The first-order valence-electron chi connectivity index (χ1n) is 8.95. The lowest BCUT2D eigenvalue weighted by Crippen LogP contribution is -2.14. The number of hydrogen-bond acceptors (Lipinski definition) is 2. The number of rotatable bonds is 11. The van der Waals surface area contributed by atoms with Crippen LogP contribution in [0.25, 0.3) is 0 Å². The summed E-state index contributed by atoms with van der Waals surface area (Å²) in [4.78, 5) is 0. The fourth-order valence-electron chi connectivity index (χ4n) is 2.59. The van der Waals surface area contributed by atoms with E-state index in [2.05, 4.69) is 18.3 Å². The molecule has 138 valence electrons. The van der Waals surface area contributed by atoms with Gasteiger partial charge in [0.1, 0.15) is 12.4 Å². The van der Waals surface area contributed by atoms with Crippen LogP contribution in [0.4, 0.5) is 0 Å². The summed E-state index contributed by atoms with van der Waals surface area (Å²) in [6, 6.07) is 16.2. The molecule has 2 nitrogen and oxygen atoms in total. The summed E-state index contributed by atoms with van der Waals surface area (Å²) < 4.78 is 5.81. The van der Waals surface area contributed by atoms with Crippen molar-refractivity contribution in [3.8, 4) is 5.75 Å². The van der Waals surface area contributed by atoms with Crippen LogP contribution < -0.4 is 10.1 Å². The fourth-order valence-corrected chi connectivity index (χ4v) is 2.85. The Morgan fingerprint density at radius 3 is 2.40 bits per heavy atom. The molecule has 0 radical (unpaired) electrons. The van der Waals surface area contributed by atoms with Crippen LogP contribution in [0.5, 0.6) is 5.75 Å². The Kier molecular flexibility index (Phi) is 11.4. The van der Waals surface area contributed by atoms with E-state index in [9.17, 15) is 0 Å². The molecule has 0 aromatic heterocycles. The Morgan fingerprint density at radius 2 is 1.68 bits per heavy atom. The number of hydrogen-bond donors (Lipinski definition) is 1. The molecule has 0 heterocycles. The van der Waals surface area contributed by atoms with Crippen molar-refractivity contribution >= 4 is 24.0 Å². The second-order valence-electron chi connectivity index (χ2n) is 6.13. The summed E-state index contributed by atoms with van der Waals surface area (Å²) in [5.41, 5.74) is 2.34. The van der Waals surface area contributed by atoms with Crippen molar-refractivity contribution in [1.82, 2.24) is 5.32 Å². The van der Waals surface area contributed by atoms with Crippen molar-refractivity contribution in [1.29, 1.82) is 0 Å². The molecule has 4 heteroatoms. The Hall–Kier alpha value is -1.22. The van der Waals surface area contributed by atoms with Crippen LogP contribution in [0, 0.1) is 0 Å². The second-order valence-corrected chi connectivity index (χ2v) is 6.54. The van der Waals surface area contributed by atoms with Crippen molar-refractivity contribution in [3.63, 3.8) is 0 Å². The first kappa shape index (κ1) is 21.8. The van der Waals surface area contributed by atoms with Gasteiger partial charge in [0, 0.05) is 6.54 Å². The van der Waals surface area contributed by atoms with Crippen molar-refractivity contribution in [2.24, 2.45) is 0 Å². The molecule has 1 N–H and O–H groups in total. The number of halogens is 2. The molecule has 0 amide bonds. The number of nitrogens with one attached hydrogen (secondary N) is 1. The maximum Gasteiger partial charge on any atom is 0.138 e. The molecule has 0 aliphatic carbocycles. The third-order valence-electron chi connectivity index (χ3n) is 4.02. The lowest BCUT2D eigenvalue weighted by molar-refractivity contribution is 0.306. The monoisotopic (exact) mass is 381 g/mol. The number of benzene rings is 2. The van der Waals surface area contributed by atoms with E-state index in [1.807, 2.05) is 42.5 Å². The van der Waals surface area contributed by atoms with Crippen molar-refractivity contribution in [2.75, 3.05) is 6.54 Å². The average molecular weight is 382 g/mol. The molecule has 0 atom stereocenters. The van der Waals surface area contributed by atoms with Gasteiger partial charge in [-0.1, -0.05) is 80.6 Å². The molecule has 0 spiro atoms. The van der Waals surface area contributed by atoms with E-state index in [1.54, 1.807) is 0 Å². The van der Waals surface area contributed by atoms with Crippen molar-refractivity contribution < 1.29 is 4.74 Å². The van der Waals surface area contributed by atoms with Crippen LogP contribution in [-0.2, 0) is 13.2 Å². The largest absolute Gasteiger partial charge is 0.487 e.